The van der Waals surface area contributed by atoms with E-state index >= 15 is 0 Å². The summed E-state index contributed by atoms with van der Waals surface area (Å²) >= 11 is 0. The van der Waals surface area contributed by atoms with Crippen molar-refractivity contribution in [3.05, 3.63) is 31.1 Å². The van der Waals surface area contributed by atoms with Crippen molar-refractivity contribution in [2.45, 2.75) is 32.9 Å². The number of hydrogen-bond donors (Lipinski definition) is 1. The highest BCUT2D eigenvalue weighted by Gasteiger charge is 2.39. The Hall–Kier alpha value is -0.0800. The molecule has 1 fully saturated rings. The second kappa shape index (κ2) is 5.31. The molecular weight excluding hydrogens is 186 g/mol. The molecule has 0 aromatic carbocycles. The van der Waals surface area contributed by atoms with Crippen molar-refractivity contribution in [3.63, 3.8) is 0 Å². The van der Waals surface area contributed by atoms with E-state index in [1.54, 1.807) is 0 Å². The van der Waals surface area contributed by atoms with Crippen LogP contribution in [0.15, 0.2) is 0 Å². The van der Waals surface area contributed by atoms with Gasteiger partial charge in [0, 0.05) is 17.9 Å². The van der Waals surface area contributed by atoms with Gasteiger partial charge in [0.1, 0.15) is 0 Å². The van der Waals surface area contributed by atoms with Crippen LogP contribution in [0.1, 0.15) is 20.8 Å². The van der Waals surface area contributed by atoms with Crippen molar-refractivity contribution in [2.75, 3.05) is 14.1 Å². The van der Waals surface area contributed by atoms with Gasteiger partial charge < -0.3 is 10.0 Å². The minimum Gasteiger partial charge on any atom is -0.392 e. The predicted octanol–water partition coefficient (Wildman–Crippen LogP) is 1.73. The molecule has 0 aromatic heterocycles. The second-order valence-corrected chi connectivity index (χ2v) is 4.76. The summed E-state index contributed by atoms with van der Waals surface area (Å²) < 4.78 is 0. The molecule has 1 aliphatic carbocycles. The fourth-order valence-electron chi connectivity index (χ4n) is 1.73. The third-order valence-corrected chi connectivity index (χ3v) is 3.06. The summed E-state index contributed by atoms with van der Waals surface area (Å²) in [4.78, 5) is 2.16. The molecule has 0 aromatic rings. The van der Waals surface area contributed by atoms with Crippen LogP contribution in [0.4, 0.5) is 0 Å². The number of hydrogen-bond acceptors (Lipinski definition) is 2. The van der Waals surface area contributed by atoms with E-state index in [9.17, 15) is 5.11 Å². The summed E-state index contributed by atoms with van der Waals surface area (Å²) in [5.74, 6) is 2.58. The quantitative estimate of drug-likeness (QED) is 0.760. The van der Waals surface area contributed by atoms with Gasteiger partial charge in [0.25, 0.3) is 0 Å². The van der Waals surface area contributed by atoms with Crippen LogP contribution < -0.4 is 0 Å². The Bertz CT molecular complexity index is 171. The van der Waals surface area contributed by atoms with Gasteiger partial charge in [-0.3, -0.25) is 0 Å². The lowest BCUT2D eigenvalue weighted by molar-refractivity contribution is 0.138. The maximum Gasteiger partial charge on any atom is 0.0635 e. The van der Waals surface area contributed by atoms with Crippen LogP contribution in [0.5, 0.6) is 0 Å². The lowest BCUT2D eigenvalue weighted by Crippen LogP contribution is -2.37. The SMILES string of the molecule is CC(C)[C@@H](O)[C]1[CH][CH][CH][C]1[C@H](C)N(C)C. The first-order valence-corrected chi connectivity index (χ1v) is 5.55. The van der Waals surface area contributed by atoms with Crippen LogP contribution in [-0.4, -0.2) is 36.2 Å². The van der Waals surface area contributed by atoms with Gasteiger partial charge in [-0.05, 0) is 46.2 Å². The summed E-state index contributed by atoms with van der Waals surface area (Å²) in [5, 5.41) is 10.1. The van der Waals surface area contributed by atoms with Crippen molar-refractivity contribution in [1.29, 1.82) is 0 Å². The first kappa shape index (κ1) is 13.0. The molecule has 1 N–H and O–H groups in total. The average molecular weight is 208 g/mol. The van der Waals surface area contributed by atoms with Crippen LogP contribution >= 0.6 is 0 Å². The molecule has 0 bridgehead atoms. The van der Waals surface area contributed by atoms with E-state index in [2.05, 4.69) is 32.3 Å². The minimum atomic E-state index is -0.350. The van der Waals surface area contributed by atoms with Crippen LogP contribution in [0.25, 0.3) is 0 Å². The van der Waals surface area contributed by atoms with E-state index in [1.165, 1.54) is 5.92 Å². The lowest BCUT2D eigenvalue weighted by atomic mass is 9.81. The molecule has 85 valence electrons. The fourth-order valence-corrected chi connectivity index (χ4v) is 1.73. The van der Waals surface area contributed by atoms with E-state index in [4.69, 9.17) is 0 Å². The predicted molar refractivity (Wildman–Crippen MR) is 63.4 cm³/mol. The zero-order valence-corrected chi connectivity index (χ0v) is 10.4. The Morgan fingerprint density at radius 1 is 1.07 bits per heavy atom. The maximum atomic E-state index is 10.1. The molecule has 0 amide bonds. The third kappa shape index (κ3) is 2.94. The highest BCUT2D eigenvalue weighted by molar-refractivity contribution is 5.48. The van der Waals surface area contributed by atoms with Gasteiger partial charge in [-0.25, -0.2) is 0 Å². The Labute approximate surface area is 94.7 Å². The van der Waals surface area contributed by atoms with Gasteiger partial charge in [-0.2, -0.15) is 0 Å². The van der Waals surface area contributed by atoms with Gasteiger partial charge >= 0.3 is 0 Å². The lowest BCUT2D eigenvalue weighted by Gasteiger charge is -2.33. The van der Waals surface area contributed by atoms with Crippen LogP contribution in [0.3, 0.4) is 0 Å². The van der Waals surface area contributed by atoms with Crippen molar-refractivity contribution in [2.24, 2.45) is 5.92 Å². The average Bonchev–Trinajstić information content (AvgIpc) is 2.63. The molecule has 1 rings (SSSR count). The molecule has 0 unspecified atom stereocenters. The molecule has 2 nitrogen and oxygen atoms in total. The highest BCUT2D eigenvalue weighted by atomic mass is 16.3. The van der Waals surface area contributed by atoms with Crippen molar-refractivity contribution in [3.8, 4) is 0 Å². The zero-order valence-electron chi connectivity index (χ0n) is 10.4. The monoisotopic (exact) mass is 208 g/mol. The van der Waals surface area contributed by atoms with Crippen molar-refractivity contribution >= 4 is 0 Å². The third-order valence-electron chi connectivity index (χ3n) is 3.06. The van der Waals surface area contributed by atoms with Gasteiger partial charge in [0.05, 0.1) is 6.10 Å². The topological polar surface area (TPSA) is 23.5 Å². The van der Waals surface area contributed by atoms with Gasteiger partial charge in [0.2, 0.25) is 0 Å². The second-order valence-electron chi connectivity index (χ2n) is 4.76. The highest BCUT2D eigenvalue weighted by Crippen LogP contribution is 2.40. The standard InChI is InChI=1S/C13H22NO/c1-9(2)13(15)12-8-6-7-11(12)10(3)14(4)5/h6-10,13,15H,1-5H3/t10-,13+/m0/s1. The zero-order chi connectivity index (χ0) is 11.6. The first-order chi connectivity index (χ1) is 6.95. The summed E-state index contributed by atoms with van der Waals surface area (Å²) in [6, 6.07) is 0.350. The normalized spacial score (nSPS) is 24.0. The Morgan fingerprint density at radius 2 is 1.60 bits per heavy atom. The maximum absolute atomic E-state index is 10.1. The molecule has 2 atom stereocenters. The van der Waals surface area contributed by atoms with E-state index < -0.39 is 0 Å². The van der Waals surface area contributed by atoms with E-state index in [1.807, 2.05) is 26.7 Å². The number of rotatable bonds is 4. The smallest absolute Gasteiger partial charge is 0.0635 e. The number of aliphatic hydroxyl groups excluding tert-OH is 1. The van der Waals surface area contributed by atoms with E-state index in [0.717, 1.165) is 5.92 Å². The summed E-state index contributed by atoms with van der Waals surface area (Å²) in [6.07, 6.45) is 5.80. The summed E-state index contributed by atoms with van der Waals surface area (Å²) in [7, 11) is 4.12. The molecular formula is C13H22NO. The molecule has 0 heterocycles. The van der Waals surface area contributed by atoms with Crippen LogP contribution in [-0.2, 0) is 0 Å². The Balaban J connectivity index is 2.64. The van der Waals surface area contributed by atoms with Gasteiger partial charge in [-0.1, -0.05) is 13.8 Å². The first-order valence-electron chi connectivity index (χ1n) is 5.55. The van der Waals surface area contributed by atoms with Crippen molar-refractivity contribution in [1.82, 2.24) is 4.90 Å². The summed E-state index contributed by atoms with van der Waals surface area (Å²) in [5.41, 5.74) is 0. The summed E-state index contributed by atoms with van der Waals surface area (Å²) in [6.45, 7) is 6.25. The van der Waals surface area contributed by atoms with Crippen LogP contribution in [0, 0.1) is 37.0 Å². The number of aliphatic hydroxyl groups is 1. The van der Waals surface area contributed by atoms with Crippen molar-refractivity contribution < 1.29 is 5.11 Å². The molecule has 0 aliphatic heterocycles. The Morgan fingerprint density at radius 3 is 2.07 bits per heavy atom. The minimum absolute atomic E-state index is 0.264. The van der Waals surface area contributed by atoms with Gasteiger partial charge in [0.15, 0.2) is 0 Å². The van der Waals surface area contributed by atoms with E-state index in [-0.39, 0.29) is 12.0 Å². The molecule has 15 heavy (non-hydrogen) atoms. The number of nitrogens with zero attached hydrogens (tertiary/aromatic N) is 1. The largest absolute Gasteiger partial charge is 0.392 e. The molecule has 5 radical (unpaired) electrons. The van der Waals surface area contributed by atoms with Crippen LogP contribution in [0.2, 0.25) is 0 Å². The fraction of sp³-hybridized carbons (Fsp3) is 0.615. The molecule has 1 aliphatic rings. The molecule has 1 saturated carbocycles. The molecule has 0 spiro atoms. The van der Waals surface area contributed by atoms with E-state index in [0.29, 0.717) is 6.04 Å². The Kier molecular flexibility index (Phi) is 4.60. The molecule has 2 heteroatoms. The van der Waals surface area contributed by atoms with Gasteiger partial charge in [-0.15, -0.1) is 0 Å². The molecule has 0 saturated heterocycles.